The summed E-state index contributed by atoms with van der Waals surface area (Å²) < 4.78 is 0. The van der Waals surface area contributed by atoms with E-state index < -0.39 is 65.7 Å². The van der Waals surface area contributed by atoms with Gasteiger partial charge < -0.3 is 36.1 Å². The third-order valence-electron chi connectivity index (χ3n) is 9.42. The average Bonchev–Trinajstić information content (AvgIpc) is 3.76. The number of carbonyl (C=O) groups is 6. The lowest BCUT2D eigenvalue weighted by atomic mass is 10.00. The molecule has 0 bridgehead atoms. The van der Waals surface area contributed by atoms with Crippen molar-refractivity contribution in [1.82, 2.24) is 36.1 Å². The molecule has 3 heterocycles. The highest BCUT2D eigenvalue weighted by Crippen LogP contribution is 2.23. The van der Waals surface area contributed by atoms with Gasteiger partial charge in [0.15, 0.2) is 0 Å². The van der Waals surface area contributed by atoms with Gasteiger partial charge in [-0.3, -0.25) is 28.8 Å². The largest absolute Gasteiger partial charge is 0.361 e. The van der Waals surface area contributed by atoms with Gasteiger partial charge in [-0.1, -0.05) is 62.4 Å². The zero-order valence-electron chi connectivity index (χ0n) is 29.2. The Balaban J connectivity index is 1.59. The van der Waals surface area contributed by atoms with Crippen LogP contribution in [0.25, 0.3) is 10.9 Å². The highest BCUT2D eigenvalue weighted by molar-refractivity contribution is 7.80. The molecule has 6 amide bonds. The molecule has 2 aromatic carbocycles. The van der Waals surface area contributed by atoms with E-state index in [-0.39, 0.29) is 31.2 Å². The van der Waals surface area contributed by atoms with Crippen molar-refractivity contribution >= 4 is 59.0 Å². The first-order valence-electron chi connectivity index (χ1n) is 17.4. The molecule has 14 heteroatoms. The molecule has 5 atom stereocenters. The molecule has 13 nitrogen and oxygen atoms in total. The van der Waals surface area contributed by atoms with Gasteiger partial charge in [0, 0.05) is 49.2 Å². The predicted octanol–water partition coefficient (Wildman–Crippen LogP) is 1.68. The van der Waals surface area contributed by atoms with Gasteiger partial charge in [0.1, 0.15) is 30.2 Å². The molecule has 0 aliphatic carbocycles. The van der Waals surface area contributed by atoms with Crippen molar-refractivity contribution < 1.29 is 28.8 Å². The third-order valence-corrected chi connectivity index (χ3v) is 9.77. The second-order valence-corrected chi connectivity index (χ2v) is 14.0. The van der Waals surface area contributed by atoms with Crippen molar-refractivity contribution in [3.63, 3.8) is 0 Å². The predicted molar refractivity (Wildman–Crippen MR) is 195 cm³/mol. The molecule has 0 radical (unpaired) electrons. The van der Waals surface area contributed by atoms with Gasteiger partial charge in [-0.25, -0.2) is 0 Å². The number of rotatable bonds is 9. The summed E-state index contributed by atoms with van der Waals surface area (Å²) in [5, 5.41) is 12.1. The topological polar surface area (TPSA) is 173 Å². The lowest BCUT2D eigenvalue weighted by molar-refractivity contribution is -0.145. The van der Waals surface area contributed by atoms with Crippen LogP contribution in [0.1, 0.15) is 51.2 Å². The molecule has 51 heavy (non-hydrogen) atoms. The first-order valence-corrected chi connectivity index (χ1v) is 18.1. The molecule has 2 aliphatic rings. The van der Waals surface area contributed by atoms with E-state index in [2.05, 4.69) is 38.9 Å². The van der Waals surface area contributed by atoms with Gasteiger partial charge in [-0.2, -0.15) is 12.6 Å². The number of hydrogen-bond donors (Lipinski definition) is 6. The van der Waals surface area contributed by atoms with E-state index in [1.807, 2.05) is 68.4 Å². The second-order valence-electron chi connectivity index (χ2n) is 13.7. The van der Waals surface area contributed by atoms with E-state index in [0.29, 0.717) is 25.8 Å². The van der Waals surface area contributed by atoms with Crippen LogP contribution in [-0.4, -0.2) is 99.4 Å². The lowest BCUT2D eigenvalue weighted by Gasteiger charge is -2.34. The van der Waals surface area contributed by atoms with Crippen LogP contribution in [0.3, 0.4) is 0 Å². The quantitative estimate of drug-likeness (QED) is 0.184. The minimum absolute atomic E-state index is 0.0154. The SMILES string of the molecule is CC(=O)NCN1C(=O)[C@@H](Cc2ccccc2)NC(=O)[C@@H]2CCCN2C(=O)[C@H](CC(C)C)NC(=O)[C@@H](Cc2c[nH]c3ccccc23)NC(=O)[C@@H]1CS. The van der Waals surface area contributed by atoms with Crippen molar-refractivity contribution in [2.75, 3.05) is 19.0 Å². The molecule has 1 aromatic heterocycles. The molecule has 0 unspecified atom stereocenters. The van der Waals surface area contributed by atoms with Gasteiger partial charge >= 0.3 is 0 Å². The summed E-state index contributed by atoms with van der Waals surface area (Å²) >= 11 is 4.45. The number of benzene rings is 2. The Morgan fingerprint density at radius 3 is 2.25 bits per heavy atom. The molecule has 5 N–H and O–H groups in total. The summed E-state index contributed by atoms with van der Waals surface area (Å²) in [5.41, 5.74) is 2.37. The Hall–Kier alpha value is -4.85. The summed E-state index contributed by atoms with van der Waals surface area (Å²) in [7, 11) is 0. The fourth-order valence-electron chi connectivity index (χ4n) is 6.85. The molecular formula is C37H47N7O6S. The molecule has 2 aliphatic heterocycles. The van der Waals surface area contributed by atoms with E-state index in [1.54, 1.807) is 6.20 Å². The zero-order chi connectivity index (χ0) is 36.7. The Bertz CT molecular complexity index is 1750. The minimum Gasteiger partial charge on any atom is -0.361 e. The fourth-order valence-corrected chi connectivity index (χ4v) is 7.21. The van der Waals surface area contributed by atoms with Crippen LogP contribution in [0.2, 0.25) is 0 Å². The van der Waals surface area contributed by atoms with Crippen molar-refractivity contribution in [3.05, 3.63) is 71.9 Å². The fraction of sp³-hybridized carbons (Fsp3) is 0.459. The standard InChI is InChI=1S/C37H47N7O6S/c1-22(2)16-29-36(49)43-15-9-14-31(43)34(47)42-30(17-24-10-5-4-6-11-24)37(50)44(21-39-23(3)45)32(20-51)35(48)40-28(33(46)41-29)18-25-19-38-27-13-8-7-12-26(25)27/h4-8,10-13,19,22,28-32,38,51H,9,14-18,20-21H2,1-3H3,(H,39,45)(H,40,48)(H,41,46)(H,42,47)/t28-,29+,30-,31+,32+/m1/s1. The van der Waals surface area contributed by atoms with Crippen molar-refractivity contribution in [3.8, 4) is 0 Å². The van der Waals surface area contributed by atoms with E-state index in [9.17, 15) is 28.8 Å². The van der Waals surface area contributed by atoms with E-state index in [4.69, 9.17) is 0 Å². The number of carbonyl (C=O) groups excluding carboxylic acids is 6. The van der Waals surface area contributed by atoms with E-state index in [0.717, 1.165) is 22.0 Å². The summed E-state index contributed by atoms with van der Waals surface area (Å²) in [6, 6.07) is 11.3. The maximum atomic E-state index is 14.5. The highest BCUT2D eigenvalue weighted by Gasteiger charge is 2.42. The van der Waals surface area contributed by atoms with Crippen LogP contribution < -0.4 is 21.3 Å². The number of hydrogen-bond acceptors (Lipinski definition) is 7. The van der Waals surface area contributed by atoms with Crippen LogP contribution >= 0.6 is 12.6 Å². The molecule has 0 saturated carbocycles. The smallest absolute Gasteiger partial charge is 0.247 e. The zero-order valence-corrected chi connectivity index (χ0v) is 30.1. The number of fused-ring (bicyclic) bond motifs is 2. The first kappa shape index (κ1) is 37.4. The lowest BCUT2D eigenvalue weighted by Crippen LogP contribution is -2.61. The molecule has 5 rings (SSSR count). The van der Waals surface area contributed by atoms with Crippen molar-refractivity contribution in [1.29, 1.82) is 0 Å². The summed E-state index contributed by atoms with van der Waals surface area (Å²) in [4.78, 5) is 89.2. The van der Waals surface area contributed by atoms with Gasteiger partial charge in [0.25, 0.3) is 0 Å². The maximum absolute atomic E-state index is 14.5. The molecule has 2 fully saturated rings. The minimum atomic E-state index is -1.25. The first-order chi connectivity index (χ1) is 24.5. The number of amides is 6. The molecule has 0 spiro atoms. The highest BCUT2D eigenvalue weighted by atomic mass is 32.1. The number of H-pyrrole nitrogens is 1. The molecule has 2 saturated heterocycles. The maximum Gasteiger partial charge on any atom is 0.247 e. The Labute approximate surface area is 303 Å². The summed E-state index contributed by atoms with van der Waals surface area (Å²) in [6.07, 6.45) is 3.19. The number of nitrogens with one attached hydrogen (secondary N) is 5. The van der Waals surface area contributed by atoms with Crippen LogP contribution in [0.5, 0.6) is 0 Å². The molecule has 3 aromatic rings. The second kappa shape index (κ2) is 16.9. The van der Waals surface area contributed by atoms with E-state index in [1.165, 1.54) is 16.7 Å². The van der Waals surface area contributed by atoms with Gasteiger partial charge in [-0.05, 0) is 42.4 Å². The third kappa shape index (κ3) is 9.09. The number of para-hydroxylation sites is 1. The monoisotopic (exact) mass is 717 g/mol. The normalized spacial score (nSPS) is 23.7. The Kier molecular flexibility index (Phi) is 12.4. The molecular weight excluding hydrogens is 671 g/mol. The van der Waals surface area contributed by atoms with Crippen LogP contribution in [0.15, 0.2) is 60.8 Å². The number of aromatic amines is 1. The van der Waals surface area contributed by atoms with Gasteiger partial charge in [-0.15, -0.1) is 0 Å². The van der Waals surface area contributed by atoms with Crippen LogP contribution in [0.4, 0.5) is 0 Å². The molecule has 272 valence electrons. The van der Waals surface area contributed by atoms with Gasteiger partial charge in [0.2, 0.25) is 35.4 Å². The Morgan fingerprint density at radius 2 is 1.55 bits per heavy atom. The van der Waals surface area contributed by atoms with E-state index >= 15 is 0 Å². The van der Waals surface area contributed by atoms with Crippen molar-refractivity contribution in [2.45, 2.75) is 83.1 Å². The number of aromatic nitrogens is 1. The summed E-state index contributed by atoms with van der Waals surface area (Å²) in [5.74, 6) is -3.38. The van der Waals surface area contributed by atoms with Crippen LogP contribution in [-0.2, 0) is 41.6 Å². The van der Waals surface area contributed by atoms with Crippen LogP contribution in [0, 0.1) is 5.92 Å². The number of nitrogens with zero attached hydrogens (tertiary/aromatic N) is 2. The summed E-state index contributed by atoms with van der Waals surface area (Å²) in [6.45, 7) is 5.13. The number of thiol groups is 1. The average molecular weight is 718 g/mol. The Morgan fingerprint density at radius 1 is 0.863 bits per heavy atom. The van der Waals surface area contributed by atoms with Crippen molar-refractivity contribution in [2.24, 2.45) is 5.92 Å². The van der Waals surface area contributed by atoms with Gasteiger partial charge in [0.05, 0.1) is 6.67 Å².